The molecule has 1 atom stereocenters. The molecule has 1 unspecified atom stereocenters. The van der Waals surface area contributed by atoms with Crippen molar-refractivity contribution in [1.82, 2.24) is 15.0 Å². The highest BCUT2D eigenvalue weighted by atomic mass is 14.8. The van der Waals surface area contributed by atoms with Crippen molar-refractivity contribution in [3.63, 3.8) is 0 Å². The van der Waals surface area contributed by atoms with E-state index in [1.54, 1.807) is 0 Å². The molecule has 3 heterocycles. The zero-order valence-corrected chi connectivity index (χ0v) is 29.7. The molecule has 55 heavy (non-hydrogen) atoms. The maximum Gasteiger partial charge on any atom is 0.0972 e. The maximum absolute atomic E-state index is 5.40. The Morgan fingerprint density at radius 1 is 0.382 bits per heavy atom. The number of nitrogens with zero attached hydrogens (tertiary/aromatic N) is 3. The lowest BCUT2D eigenvalue weighted by molar-refractivity contribution is 0.801. The number of aromatic nitrogens is 3. The van der Waals surface area contributed by atoms with E-state index in [0.717, 1.165) is 49.8 Å². The maximum atomic E-state index is 5.40. The van der Waals surface area contributed by atoms with Gasteiger partial charge in [-0.2, -0.15) is 0 Å². The van der Waals surface area contributed by atoms with Crippen molar-refractivity contribution in [3.05, 3.63) is 210 Å². The van der Waals surface area contributed by atoms with E-state index < -0.39 is 5.41 Å². The van der Waals surface area contributed by atoms with Crippen molar-refractivity contribution in [3.8, 4) is 55.9 Å². The Morgan fingerprint density at radius 2 is 1.02 bits per heavy atom. The van der Waals surface area contributed by atoms with Crippen LogP contribution in [0, 0.1) is 0 Å². The van der Waals surface area contributed by atoms with Gasteiger partial charge in [-0.05, 0) is 68.3 Å². The summed E-state index contributed by atoms with van der Waals surface area (Å²) in [6.45, 7) is 0. The summed E-state index contributed by atoms with van der Waals surface area (Å²) in [5.74, 6) is 0. The molecule has 12 rings (SSSR count). The van der Waals surface area contributed by atoms with Gasteiger partial charge in [-0.3, -0.25) is 4.98 Å². The number of rotatable bonds is 3. The van der Waals surface area contributed by atoms with Gasteiger partial charge in [-0.15, -0.1) is 0 Å². The van der Waals surface area contributed by atoms with E-state index in [-0.39, 0.29) is 0 Å². The normalized spacial score (nSPS) is 15.0. The Morgan fingerprint density at radius 3 is 1.84 bits per heavy atom. The van der Waals surface area contributed by atoms with Crippen molar-refractivity contribution in [2.75, 3.05) is 0 Å². The third-order valence-electron chi connectivity index (χ3n) is 11.9. The van der Waals surface area contributed by atoms with Crippen LogP contribution in [0.15, 0.2) is 188 Å². The monoisotopic (exact) mass is 697 g/mol. The van der Waals surface area contributed by atoms with E-state index in [4.69, 9.17) is 9.97 Å². The van der Waals surface area contributed by atoms with Crippen LogP contribution in [-0.4, -0.2) is 15.0 Å². The van der Waals surface area contributed by atoms with Crippen LogP contribution in [0.2, 0.25) is 0 Å². The predicted molar refractivity (Wildman–Crippen MR) is 225 cm³/mol. The minimum atomic E-state index is -0.522. The highest BCUT2D eigenvalue weighted by molar-refractivity contribution is 6.08. The topological polar surface area (TPSA) is 38.7 Å². The van der Waals surface area contributed by atoms with Crippen molar-refractivity contribution in [1.29, 1.82) is 0 Å². The third kappa shape index (κ3) is 4.12. The molecule has 0 bridgehead atoms. The Hall–Kier alpha value is -7.23. The highest BCUT2D eigenvalue weighted by Crippen LogP contribution is 2.66. The summed E-state index contributed by atoms with van der Waals surface area (Å²) in [4.78, 5) is 15.2. The van der Waals surface area contributed by atoms with Crippen molar-refractivity contribution >= 4 is 32.7 Å². The predicted octanol–water partition coefficient (Wildman–Crippen LogP) is 12.7. The standard InChI is InChI=1S/C52H31N3/c1-2-12-34(13-3-1)49-47-39-16-5-8-20-42(39)52(48(47)40-17-6-9-22-45(40)55-49)41-19-7-4-15-38(41)46-37(18-10-21-43(46)52)32-23-25-33(26-24-32)44-30-29-36-28-27-35-14-11-31-53-50(35)51(36)54-44/h1-31H. The molecule has 0 N–H and O–H groups in total. The minimum absolute atomic E-state index is 0.522. The van der Waals surface area contributed by atoms with Crippen molar-refractivity contribution < 1.29 is 0 Å². The number of fused-ring (bicyclic) bond motifs is 15. The number of para-hydroxylation sites is 1. The summed E-state index contributed by atoms with van der Waals surface area (Å²) in [7, 11) is 0. The van der Waals surface area contributed by atoms with Crippen molar-refractivity contribution in [2.45, 2.75) is 5.41 Å². The molecule has 0 aliphatic heterocycles. The second-order valence-corrected chi connectivity index (χ2v) is 14.6. The SMILES string of the molecule is c1ccc(-c2nc3ccccc3c3c2-c2ccccc2C32c3ccccc3-c3c(-c4ccc(-c5ccc6ccc7cccnc7c6n5)cc4)cccc32)cc1. The van der Waals surface area contributed by atoms with Crippen LogP contribution in [0.1, 0.15) is 22.3 Å². The van der Waals surface area contributed by atoms with Crippen LogP contribution in [0.4, 0.5) is 0 Å². The third-order valence-corrected chi connectivity index (χ3v) is 11.9. The molecular weight excluding hydrogens is 667 g/mol. The molecule has 0 saturated heterocycles. The molecule has 7 aromatic carbocycles. The molecule has 0 fully saturated rings. The fourth-order valence-corrected chi connectivity index (χ4v) is 9.66. The largest absolute Gasteiger partial charge is 0.254 e. The van der Waals surface area contributed by atoms with Crippen LogP contribution in [-0.2, 0) is 5.41 Å². The molecule has 0 radical (unpaired) electrons. The quantitative estimate of drug-likeness (QED) is 0.173. The lowest BCUT2D eigenvalue weighted by Crippen LogP contribution is -2.26. The summed E-state index contributed by atoms with van der Waals surface area (Å²) >= 11 is 0. The van der Waals surface area contributed by atoms with Gasteiger partial charge in [0.25, 0.3) is 0 Å². The van der Waals surface area contributed by atoms with E-state index in [9.17, 15) is 0 Å². The van der Waals surface area contributed by atoms with Gasteiger partial charge in [0.1, 0.15) is 0 Å². The Bertz CT molecular complexity index is 3200. The van der Waals surface area contributed by atoms with E-state index in [0.29, 0.717) is 0 Å². The first-order chi connectivity index (χ1) is 27.3. The van der Waals surface area contributed by atoms with Gasteiger partial charge in [0.05, 0.1) is 33.4 Å². The molecule has 3 nitrogen and oxygen atoms in total. The van der Waals surface area contributed by atoms with Gasteiger partial charge in [-0.25, -0.2) is 9.97 Å². The van der Waals surface area contributed by atoms with Crippen LogP contribution in [0.25, 0.3) is 88.6 Å². The van der Waals surface area contributed by atoms with Gasteiger partial charge in [-0.1, -0.05) is 164 Å². The van der Waals surface area contributed by atoms with E-state index in [2.05, 4.69) is 181 Å². The van der Waals surface area contributed by atoms with Crippen LogP contribution >= 0.6 is 0 Å². The fraction of sp³-hybridized carbons (Fsp3) is 0.0192. The molecule has 3 aromatic heterocycles. The van der Waals surface area contributed by atoms with Crippen LogP contribution in [0.5, 0.6) is 0 Å². The van der Waals surface area contributed by atoms with Gasteiger partial charge in [0.15, 0.2) is 0 Å². The Balaban J connectivity index is 1.09. The molecule has 1 spiro atoms. The summed E-state index contributed by atoms with van der Waals surface area (Å²) in [5, 5.41) is 3.38. The second kappa shape index (κ2) is 11.4. The van der Waals surface area contributed by atoms with Gasteiger partial charge in [0, 0.05) is 39.0 Å². The first-order valence-corrected chi connectivity index (χ1v) is 18.9. The molecular formula is C52H31N3. The number of hydrogen-bond acceptors (Lipinski definition) is 3. The van der Waals surface area contributed by atoms with Gasteiger partial charge < -0.3 is 0 Å². The zero-order valence-electron chi connectivity index (χ0n) is 29.7. The average molecular weight is 698 g/mol. The second-order valence-electron chi connectivity index (χ2n) is 14.6. The lowest BCUT2D eigenvalue weighted by atomic mass is 9.69. The smallest absolute Gasteiger partial charge is 0.0972 e. The fourth-order valence-electron chi connectivity index (χ4n) is 9.66. The Kier molecular flexibility index (Phi) is 6.26. The molecule has 2 aliphatic rings. The van der Waals surface area contributed by atoms with Gasteiger partial charge >= 0.3 is 0 Å². The molecule has 254 valence electrons. The molecule has 10 aromatic rings. The minimum Gasteiger partial charge on any atom is -0.254 e. The van der Waals surface area contributed by atoms with E-state index in [1.807, 2.05) is 12.3 Å². The molecule has 3 heteroatoms. The number of hydrogen-bond donors (Lipinski definition) is 0. The first kappa shape index (κ1) is 30.3. The summed E-state index contributed by atoms with van der Waals surface area (Å²) in [6, 6.07) is 65.9. The lowest BCUT2D eigenvalue weighted by Gasteiger charge is -2.31. The Labute approximate surface area is 318 Å². The van der Waals surface area contributed by atoms with Crippen LogP contribution in [0.3, 0.4) is 0 Å². The zero-order chi connectivity index (χ0) is 36.1. The summed E-state index contributed by atoms with van der Waals surface area (Å²) in [6.07, 6.45) is 1.84. The van der Waals surface area contributed by atoms with Crippen LogP contribution < -0.4 is 0 Å². The van der Waals surface area contributed by atoms with Crippen molar-refractivity contribution in [2.24, 2.45) is 0 Å². The van der Waals surface area contributed by atoms with E-state index >= 15 is 0 Å². The number of pyridine rings is 3. The van der Waals surface area contributed by atoms with Gasteiger partial charge in [0.2, 0.25) is 0 Å². The molecule has 0 amide bonds. The van der Waals surface area contributed by atoms with E-state index in [1.165, 1.54) is 61.0 Å². The molecule has 0 saturated carbocycles. The summed E-state index contributed by atoms with van der Waals surface area (Å²) in [5.41, 5.74) is 19.2. The highest BCUT2D eigenvalue weighted by Gasteiger charge is 2.53. The average Bonchev–Trinajstić information content (AvgIpc) is 3.74. The molecule has 2 aliphatic carbocycles. The summed E-state index contributed by atoms with van der Waals surface area (Å²) < 4.78 is 0. The first-order valence-electron chi connectivity index (χ1n) is 18.9. The number of benzene rings is 7.